The molecule has 0 radical (unpaired) electrons. The van der Waals surface area contributed by atoms with Crippen LogP contribution in [0.5, 0.6) is 0 Å². The molecule has 0 atom stereocenters. The van der Waals surface area contributed by atoms with E-state index in [1.807, 2.05) is 35.0 Å². The van der Waals surface area contributed by atoms with Gasteiger partial charge in [0.2, 0.25) is 0 Å². The maximum absolute atomic E-state index is 12.0. The molecule has 0 aliphatic carbocycles. The molecule has 1 saturated heterocycles. The van der Waals surface area contributed by atoms with E-state index in [1.54, 1.807) is 0 Å². The molecule has 0 aromatic carbocycles. The largest absolute Gasteiger partial charge is 0.356 e. The Balaban J connectivity index is 2.02. The van der Waals surface area contributed by atoms with E-state index in [-0.39, 0.29) is 5.91 Å². The number of nitrogens with zero attached hydrogens (tertiary/aromatic N) is 2. The van der Waals surface area contributed by atoms with Crippen LogP contribution in [0.3, 0.4) is 0 Å². The molecule has 3 heteroatoms. The summed E-state index contributed by atoms with van der Waals surface area (Å²) < 4.78 is 1.92. The van der Waals surface area contributed by atoms with Gasteiger partial charge in [0.1, 0.15) is 0 Å². The highest BCUT2D eigenvalue weighted by Gasteiger charge is 2.21. The summed E-state index contributed by atoms with van der Waals surface area (Å²) in [6.07, 6.45) is 6.08. The van der Waals surface area contributed by atoms with E-state index in [0.717, 1.165) is 37.4 Å². The second kappa shape index (κ2) is 4.09. The lowest BCUT2D eigenvalue weighted by atomic mass is 9.99. The van der Waals surface area contributed by atoms with Crippen molar-refractivity contribution in [3.63, 3.8) is 0 Å². The van der Waals surface area contributed by atoms with E-state index in [1.165, 1.54) is 0 Å². The van der Waals surface area contributed by atoms with Crippen LogP contribution < -0.4 is 0 Å². The van der Waals surface area contributed by atoms with Gasteiger partial charge in [0, 0.05) is 32.5 Å². The van der Waals surface area contributed by atoms with Gasteiger partial charge >= 0.3 is 0 Å². The molecule has 1 aliphatic rings. The highest BCUT2D eigenvalue weighted by atomic mass is 16.2. The summed E-state index contributed by atoms with van der Waals surface area (Å²) in [5, 5.41) is 0. The summed E-state index contributed by atoms with van der Waals surface area (Å²) in [5.74, 6) is 0.951. The number of hydrogen-bond donors (Lipinski definition) is 0. The second-order valence-corrected chi connectivity index (χ2v) is 4.54. The standard InChI is InChI=1S/C12H18N2O/c1-10-3-7-14(8-4-10)12(15)11-5-6-13(2)9-11/h5-6,9-10H,3-4,7-8H2,1-2H3. The first-order chi connectivity index (χ1) is 7.16. The molecule has 15 heavy (non-hydrogen) atoms. The minimum atomic E-state index is 0.183. The van der Waals surface area contributed by atoms with Crippen LogP contribution in [0.1, 0.15) is 30.1 Å². The second-order valence-electron chi connectivity index (χ2n) is 4.54. The summed E-state index contributed by atoms with van der Waals surface area (Å²) in [7, 11) is 1.94. The number of carbonyl (C=O) groups excluding carboxylic acids is 1. The van der Waals surface area contributed by atoms with Crippen molar-refractivity contribution in [3.8, 4) is 0 Å². The molecule has 82 valence electrons. The van der Waals surface area contributed by atoms with Crippen molar-refractivity contribution in [3.05, 3.63) is 24.0 Å². The quantitative estimate of drug-likeness (QED) is 0.689. The molecule has 0 unspecified atom stereocenters. The molecular formula is C12H18N2O. The zero-order valence-corrected chi connectivity index (χ0v) is 9.44. The number of piperidine rings is 1. The fraction of sp³-hybridized carbons (Fsp3) is 0.583. The normalized spacial score (nSPS) is 18.1. The Morgan fingerprint density at radius 1 is 1.40 bits per heavy atom. The molecular weight excluding hydrogens is 188 g/mol. The average Bonchev–Trinajstić information content (AvgIpc) is 2.65. The minimum Gasteiger partial charge on any atom is -0.356 e. The van der Waals surface area contributed by atoms with Crippen molar-refractivity contribution in [2.24, 2.45) is 13.0 Å². The molecule has 1 aromatic heterocycles. The van der Waals surface area contributed by atoms with Gasteiger partial charge in [-0.3, -0.25) is 4.79 Å². The molecule has 0 saturated carbocycles. The van der Waals surface area contributed by atoms with Gasteiger partial charge in [-0.2, -0.15) is 0 Å². The maximum Gasteiger partial charge on any atom is 0.255 e. The molecule has 0 spiro atoms. The molecule has 3 nitrogen and oxygen atoms in total. The molecule has 2 rings (SSSR count). The van der Waals surface area contributed by atoms with Gasteiger partial charge in [0.25, 0.3) is 5.91 Å². The molecule has 1 aromatic rings. The number of likely N-dealkylation sites (tertiary alicyclic amines) is 1. The Hall–Kier alpha value is -1.25. The summed E-state index contributed by atoms with van der Waals surface area (Å²) in [5.41, 5.74) is 0.812. The van der Waals surface area contributed by atoms with Crippen LogP contribution >= 0.6 is 0 Å². The van der Waals surface area contributed by atoms with Crippen LogP contribution in [0.4, 0.5) is 0 Å². The lowest BCUT2D eigenvalue weighted by Crippen LogP contribution is -2.37. The summed E-state index contributed by atoms with van der Waals surface area (Å²) in [6, 6.07) is 1.89. The van der Waals surface area contributed by atoms with E-state index in [0.29, 0.717) is 0 Å². The minimum absolute atomic E-state index is 0.183. The van der Waals surface area contributed by atoms with Gasteiger partial charge < -0.3 is 9.47 Å². The van der Waals surface area contributed by atoms with Crippen molar-refractivity contribution < 1.29 is 4.79 Å². The van der Waals surface area contributed by atoms with Crippen LogP contribution in [0.15, 0.2) is 18.5 Å². The molecule has 0 N–H and O–H groups in total. The van der Waals surface area contributed by atoms with Crippen molar-refractivity contribution in [1.82, 2.24) is 9.47 Å². The zero-order valence-electron chi connectivity index (χ0n) is 9.44. The number of hydrogen-bond acceptors (Lipinski definition) is 1. The fourth-order valence-corrected chi connectivity index (χ4v) is 2.02. The Morgan fingerprint density at radius 2 is 2.07 bits per heavy atom. The van der Waals surface area contributed by atoms with Gasteiger partial charge in [0.05, 0.1) is 5.56 Å². The number of rotatable bonds is 1. The van der Waals surface area contributed by atoms with Gasteiger partial charge in [-0.05, 0) is 24.8 Å². The van der Waals surface area contributed by atoms with Crippen molar-refractivity contribution in [1.29, 1.82) is 0 Å². The molecule has 1 fully saturated rings. The third kappa shape index (κ3) is 2.22. The SMILES string of the molecule is CC1CCN(C(=O)c2ccn(C)c2)CC1. The average molecular weight is 206 g/mol. The van der Waals surface area contributed by atoms with Crippen molar-refractivity contribution >= 4 is 5.91 Å². The van der Waals surface area contributed by atoms with Crippen LogP contribution in [0.25, 0.3) is 0 Å². The lowest BCUT2D eigenvalue weighted by Gasteiger charge is -2.30. The van der Waals surface area contributed by atoms with Gasteiger partial charge in [-0.25, -0.2) is 0 Å². The predicted octanol–water partition coefficient (Wildman–Crippen LogP) is 1.90. The third-order valence-electron chi connectivity index (χ3n) is 3.15. The van der Waals surface area contributed by atoms with E-state index in [2.05, 4.69) is 6.92 Å². The zero-order chi connectivity index (χ0) is 10.8. The first kappa shape index (κ1) is 10.3. The van der Waals surface area contributed by atoms with Crippen molar-refractivity contribution in [2.45, 2.75) is 19.8 Å². The Kier molecular flexibility index (Phi) is 2.80. The van der Waals surface area contributed by atoms with E-state index < -0.39 is 0 Å². The summed E-state index contributed by atoms with van der Waals surface area (Å²) in [6.45, 7) is 4.08. The van der Waals surface area contributed by atoms with Crippen LogP contribution in [0.2, 0.25) is 0 Å². The fourth-order valence-electron chi connectivity index (χ4n) is 2.02. The highest BCUT2D eigenvalue weighted by Crippen LogP contribution is 2.18. The Morgan fingerprint density at radius 3 is 2.60 bits per heavy atom. The number of amides is 1. The first-order valence-corrected chi connectivity index (χ1v) is 5.58. The summed E-state index contributed by atoms with van der Waals surface area (Å²) in [4.78, 5) is 14.0. The van der Waals surface area contributed by atoms with Crippen molar-refractivity contribution in [2.75, 3.05) is 13.1 Å². The third-order valence-corrected chi connectivity index (χ3v) is 3.15. The highest BCUT2D eigenvalue weighted by molar-refractivity contribution is 5.94. The van der Waals surface area contributed by atoms with Crippen LogP contribution in [-0.4, -0.2) is 28.5 Å². The number of carbonyl (C=O) groups is 1. The maximum atomic E-state index is 12.0. The van der Waals surface area contributed by atoms with E-state index in [4.69, 9.17) is 0 Å². The van der Waals surface area contributed by atoms with Crippen LogP contribution in [0, 0.1) is 5.92 Å². The molecule has 0 bridgehead atoms. The lowest BCUT2D eigenvalue weighted by molar-refractivity contribution is 0.0697. The van der Waals surface area contributed by atoms with Gasteiger partial charge in [-0.1, -0.05) is 6.92 Å². The molecule has 1 amide bonds. The molecule has 2 heterocycles. The Bertz CT molecular complexity index is 348. The number of aromatic nitrogens is 1. The van der Waals surface area contributed by atoms with E-state index in [9.17, 15) is 4.79 Å². The molecule has 1 aliphatic heterocycles. The summed E-state index contributed by atoms with van der Waals surface area (Å²) >= 11 is 0. The van der Waals surface area contributed by atoms with Gasteiger partial charge in [-0.15, -0.1) is 0 Å². The monoisotopic (exact) mass is 206 g/mol. The smallest absolute Gasteiger partial charge is 0.255 e. The predicted molar refractivity (Wildman–Crippen MR) is 59.7 cm³/mol. The van der Waals surface area contributed by atoms with Crippen LogP contribution in [-0.2, 0) is 7.05 Å². The topological polar surface area (TPSA) is 25.2 Å². The first-order valence-electron chi connectivity index (χ1n) is 5.58. The van der Waals surface area contributed by atoms with E-state index >= 15 is 0 Å². The number of aryl methyl sites for hydroxylation is 1. The Labute approximate surface area is 90.7 Å². The van der Waals surface area contributed by atoms with Gasteiger partial charge in [0.15, 0.2) is 0 Å².